The molecule has 0 bridgehead atoms. The van der Waals surface area contributed by atoms with Crippen LogP contribution >= 0.6 is 0 Å². The summed E-state index contributed by atoms with van der Waals surface area (Å²) in [7, 11) is 1.83. The minimum atomic E-state index is -0.00727. The van der Waals surface area contributed by atoms with Crippen LogP contribution in [0.15, 0.2) is 12.3 Å². The molecule has 0 aromatic carbocycles. The van der Waals surface area contributed by atoms with Crippen molar-refractivity contribution in [2.24, 2.45) is 5.92 Å². The average molecular weight is 250 g/mol. The van der Waals surface area contributed by atoms with Crippen LogP contribution in [0.4, 0.5) is 11.5 Å². The smallest absolute Gasteiger partial charge is 0.239 e. The van der Waals surface area contributed by atoms with Gasteiger partial charge in [0.25, 0.3) is 0 Å². The van der Waals surface area contributed by atoms with E-state index in [0.717, 1.165) is 5.56 Å². The summed E-state index contributed by atoms with van der Waals surface area (Å²) in [6.45, 7) is 7.00. The summed E-state index contributed by atoms with van der Waals surface area (Å²) in [5.41, 5.74) is 7.45. The second-order valence-corrected chi connectivity index (χ2v) is 4.95. The number of nitrogens with zero attached hydrogens (tertiary/aromatic N) is 2. The number of likely N-dealkylation sites (N-methyl/N-ethyl adjacent to an activating group) is 1. The molecule has 0 unspecified atom stereocenters. The van der Waals surface area contributed by atoms with Crippen molar-refractivity contribution >= 4 is 17.4 Å². The Morgan fingerprint density at radius 2 is 2.22 bits per heavy atom. The third-order valence-electron chi connectivity index (χ3n) is 2.61. The Hall–Kier alpha value is -1.78. The van der Waals surface area contributed by atoms with Gasteiger partial charge in [0.2, 0.25) is 5.91 Å². The molecule has 0 aliphatic carbocycles. The third-order valence-corrected chi connectivity index (χ3v) is 2.61. The highest BCUT2D eigenvalue weighted by Crippen LogP contribution is 2.16. The van der Waals surface area contributed by atoms with Crippen LogP contribution in [0.2, 0.25) is 0 Å². The lowest BCUT2D eigenvalue weighted by Gasteiger charge is -2.18. The van der Waals surface area contributed by atoms with E-state index in [4.69, 9.17) is 5.73 Å². The molecule has 1 amide bonds. The van der Waals surface area contributed by atoms with Gasteiger partial charge in [-0.05, 0) is 18.4 Å². The molecule has 3 N–H and O–H groups in total. The fourth-order valence-electron chi connectivity index (χ4n) is 1.41. The number of nitrogens with one attached hydrogen (secondary N) is 1. The molecule has 1 aromatic heterocycles. The van der Waals surface area contributed by atoms with Gasteiger partial charge < -0.3 is 16.0 Å². The second-order valence-electron chi connectivity index (χ2n) is 4.95. The lowest BCUT2D eigenvalue weighted by molar-refractivity contribution is -0.119. The Morgan fingerprint density at radius 3 is 2.78 bits per heavy atom. The molecule has 1 heterocycles. The van der Waals surface area contributed by atoms with E-state index in [-0.39, 0.29) is 12.5 Å². The van der Waals surface area contributed by atoms with E-state index >= 15 is 0 Å². The average Bonchev–Trinajstić information content (AvgIpc) is 2.30. The van der Waals surface area contributed by atoms with E-state index in [1.54, 1.807) is 17.2 Å². The number of pyridine rings is 1. The first kappa shape index (κ1) is 14.3. The zero-order valence-corrected chi connectivity index (χ0v) is 11.5. The van der Waals surface area contributed by atoms with Gasteiger partial charge in [-0.25, -0.2) is 4.98 Å². The molecule has 0 spiro atoms. The van der Waals surface area contributed by atoms with Crippen LogP contribution in [0, 0.1) is 12.8 Å². The minimum Gasteiger partial charge on any atom is -0.398 e. The molecular weight excluding hydrogens is 228 g/mol. The predicted octanol–water partition coefficient (Wildman–Crippen LogP) is 1.18. The number of amides is 1. The molecule has 5 nitrogen and oxygen atoms in total. The van der Waals surface area contributed by atoms with Gasteiger partial charge in [-0.2, -0.15) is 0 Å². The molecule has 0 saturated carbocycles. The number of hydrogen-bond donors (Lipinski definition) is 2. The van der Waals surface area contributed by atoms with Crippen LogP contribution in [-0.2, 0) is 4.79 Å². The molecule has 18 heavy (non-hydrogen) atoms. The van der Waals surface area contributed by atoms with E-state index in [2.05, 4.69) is 24.1 Å². The Labute approximate surface area is 108 Å². The van der Waals surface area contributed by atoms with Crippen molar-refractivity contribution in [2.45, 2.75) is 20.8 Å². The molecule has 0 radical (unpaired) electrons. The number of anilines is 2. The number of hydrogen-bond acceptors (Lipinski definition) is 4. The van der Waals surface area contributed by atoms with E-state index in [9.17, 15) is 4.79 Å². The van der Waals surface area contributed by atoms with Gasteiger partial charge in [-0.1, -0.05) is 13.8 Å². The molecule has 1 aromatic rings. The first-order valence-corrected chi connectivity index (χ1v) is 6.10. The van der Waals surface area contributed by atoms with Crippen LogP contribution in [0.3, 0.4) is 0 Å². The van der Waals surface area contributed by atoms with Crippen molar-refractivity contribution in [1.29, 1.82) is 0 Å². The molecule has 0 fully saturated rings. The van der Waals surface area contributed by atoms with E-state index in [1.807, 2.05) is 14.0 Å². The van der Waals surface area contributed by atoms with Crippen molar-refractivity contribution in [3.8, 4) is 0 Å². The summed E-state index contributed by atoms with van der Waals surface area (Å²) >= 11 is 0. The quantitative estimate of drug-likeness (QED) is 0.823. The fraction of sp³-hybridized carbons (Fsp3) is 0.538. The standard InChI is InChI=1S/C13H22N4O/c1-9(2)6-16-13(18)8-17(4)12-5-11(14)10(3)7-15-12/h5,7,9H,6,8H2,1-4H3,(H2,14,15)(H,16,18). The molecule has 0 aliphatic rings. The van der Waals surface area contributed by atoms with Gasteiger partial charge in [0.05, 0.1) is 6.54 Å². The monoisotopic (exact) mass is 250 g/mol. The summed E-state index contributed by atoms with van der Waals surface area (Å²) in [5.74, 6) is 1.15. The Balaban J connectivity index is 2.56. The van der Waals surface area contributed by atoms with Crippen molar-refractivity contribution in [1.82, 2.24) is 10.3 Å². The molecule has 1 rings (SSSR count). The van der Waals surface area contributed by atoms with Crippen LogP contribution in [0.5, 0.6) is 0 Å². The largest absolute Gasteiger partial charge is 0.398 e. The van der Waals surface area contributed by atoms with Gasteiger partial charge in [0, 0.05) is 31.5 Å². The fourth-order valence-corrected chi connectivity index (χ4v) is 1.41. The highest BCUT2D eigenvalue weighted by molar-refractivity contribution is 5.81. The van der Waals surface area contributed by atoms with E-state index in [1.165, 1.54) is 0 Å². The zero-order chi connectivity index (χ0) is 13.7. The normalized spacial score (nSPS) is 10.5. The predicted molar refractivity (Wildman–Crippen MR) is 74.5 cm³/mol. The van der Waals surface area contributed by atoms with E-state index < -0.39 is 0 Å². The lowest BCUT2D eigenvalue weighted by Crippen LogP contribution is -2.37. The van der Waals surface area contributed by atoms with Gasteiger partial charge in [0.1, 0.15) is 5.82 Å². The van der Waals surface area contributed by atoms with Gasteiger partial charge in [0.15, 0.2) is 0 Å². The first-order valence-electron chi connectivity index (χ1n) is 6.10. The summed E-state index contributed by atoms with van der Waals surface area (Å²) in [5, 5.41) is 2.87. The van der Waals surface area contributed by atoms with Crippen LogP contribution in [0.1, 0.15) is 19.4 Å². The summed E-state index contributed by atoms with van der Waals surface area (Å²) in [4.78, 5) is 17.7. The minimum absolute atomic E-state index is 0.00727. The molecule has 0 aliphatic heterocycles. The topological polar surface area (TPSA) is 71.2 Å². The van der Waals surface area contributed by atoms with Crippen molar-refractivity contribution in [3.05, 3.63) is 17.8 Å². The lowest BCUT2D eigenvalue weighted by atomic mass is 10.2. The number of rotatable bonds is 5. The molecule has 100 valence electrons. The maximum atomic E-state index is 11.7. The first-order chi connectivity index (χ1) is 8.40. The number of nitrogen functional groups attached to an aromatic ring is 1. The third kappa shape index (κ3) is 4.24. The summed E-state index contributed by atoms with van der Waals surface area (Å²) < 4.78 is 0. The zero-order valence-electron chi connectivity index (χ0n) is 11.5. The number of carbonyl (C=O) groups excluding carboxylic acids is 1. The van der Waals surface area contributed by atoms with Crippen molar-refractivity contribution in [2.75, 3.05) is 30.8 Å². The van der Waals surface area contributed by atoms with Crippen molar-refractivity contribution < 1.29 is 4.79 Å². The van der Waals surface area contributed by atoms with Gasteiger partial charge in [-0.3, -0.25) is 4.79 Å². The highest BCUT2D eigenvalue weighted by Gasteiger charge is 2.09. The number of aromatic nitrogens is 1. The molecule has 0 atom stereocenters. The van der Waals surface area contributed by atoms with Crippen LogP contribution in [-0.4, -0.2) is 31.0 Å². The maximum absolute atomic E-state index is 11.7. The molecular formula is C13H22N4O. The van der Waals surface area contributed by atoms with E-state index in [0.29, 0.717) is 24.0 Å². The highest BCUT2D eigenvalue weighted by atomic mass is 16.2. The van der Waals surface area contributed by atoms with Gasteiger partial charge in [-0.15, -0.1) is 0 Å². The van der Waals surface area contributed by atoms with Crippen LogP contribution < -0.4 is 16.0 Å². The number of nitrogens with two attached hydrogens (primary N) is 1. The van der Waals surface area contributed by atoms with Gasteiger partial charge >= 0.3 is 0 Å². The van der Waals surface area contributed by atoms with Crippen LogP contribution in [0.25, 0.3) is 0 Å². The van der Waals surface area contributed by atoms with Crippen molar-refractivity contribution in [3.63, 3.8) is 0 Å². The SMILES string of the molecule is Cc1cnc(N(C)CC(=O)NCC(C)C)cc1N. The number of aryl methyl sites for hydroxylation is 1. The molecule has 0 saturated heterocycles. The summed E-state index contributed by atoms with van der Waals surface area (Å²) in [6, 6.07) is 1.78. The number of carbonyl (C=O) groups is 1. The maximum Gasteiger partial charge on any atom is 0.239 e. The Morgan fingerprint density at radius 1 is 1.56 bits per heavy atom. The Kier molecular flexibility index (Phi) is 4.95. The second kappa shape index (κ2) is 6.23. The molecule has 5 heteroatoms. The summed E-state index contributed by atoms with van der Waals surface area (Å²) in [6.07, 6.45) is 1.72. The Bertz CT molecular complexity index is 417.